The maximum absolute atomic E-state index is 13.5. The Labute approximate surface area is 213 Å². The van der Waals surface area contributed by atoms with Crippen molar-refractivity contribution in [2.45, 2.75) is 12.8 Å². The van der Waals surface area contributed by atoms with Crippen LogP contribution in [0.1, 0.15) is 18.4 Å². The molecule has 0 spiro atoms. The summed E-state index contributed by atoms with van der Waals surface area (Å²) in [5.41, 5.74) is 3.12. The number of hydrogen-bond donors (Lipinski definition) is 3. The maximum Gasteiger partial charge on any atom is 0.254 e. The first kappa shape index (κ1) is 24.7. The van der Waals surface area contributed by atoms with E-state index in [1.165, 1.54) is 31.4 Å². The van der Waals surface area contributed by atoms with E-state index in [4.69, 9.17) is 9.15 Å². The average Bonchev–Trinajstić information content (AvgIpc) is 3.42. The molecule has 0 bridgehead atoms. The van der Waals surface area contributed by atoms with Crippen molar-refractivity contribution in [1.82, 2.24) is 5.32 Å². The Morgan fingerprint density at radius 2 is 1.86 bits per heavy atom. The van der Waals surface area contributed by atoms with Crippen LogP contribution in [0.2, 0.25) is 0 Å². The molecule has 0 saturated carbocycles. The van der Waals surface area contributed by atoms with E-state index in [-0.39, 0.29) is 17.6 Å². The van der Waals surface area contributed by atoms with Crippen LogP contribution in [0.5, 0.6) is 5.75 Å². The molecule has 1 aliphatic rings. The molecule has 9 heteroatoms. The third-order valence-electron chi connectivity index (χ3n) is 5.53. The third kappa shape index (κ3) is 5.45. The number of ether oxygens (including phenoxy) is 1. The summed E-state index contributed by atoms with van der Waals surface area (Å²) in [5.74, 6) is -0.668. The normalized spacial score (nSPS) is 15.1. The molecule has 182 valence electrons. The summed E-state index contributed by atoms with van der Waals surface area (Å²) in [4.78, 5) is 26.0. The molecule has 0 saturated heterocycles. The Morgan fingerprint density at radius 3 is 2.56 bits per heavy atom. The number of nitrogens with one attached hydrogen (secondary N) is 3. The van der Waals surface area contributed by atoms with E-state index in [1.807, 2.05) is 24.3 Å². The molecule has 3 aromatic rings. The highest BCUT2D eigenvalue weighted by Crippen LogP contribution is 2.41. The minimum Gasteiger partial charge on any atom is -0.495 e. The van der Waals surface area contributed by atoms with Gasteiger partial charge in [-0.15, -0.1) is 0 Å². The summed E-state index contributed by atoms with van der Waals surface area (Å²) in [5, 5.41) is 19.5. The summed E-state index contributed by atoms with van der Waals surface area (Å²) < 4.78 is 10.6. The third-order valence-corrected chi connectivity index (χ3v) is 6.55. The number of para-hydroxylation sites is 3. The molecule has 1 atom stereocenters. The van der Waals surface area contributed by atoms with E-state index in [1.54, 1.807) is 43.3 Å². The number of furan rings is 1. The summed E-state index contributed by atoms with van der Waals surface area (Å²) >= 11 is 1.20. The minimum absolute atomic E-state index is 0.0799. The van der Waals surface area contributed by atoms with Gasteiger partial charge in [-0.05, 0) is 37.3 Å². The van der Waals surface area contributed by atoms with Crippen molar-refractivity contribution in [3.05, 3.63) is 101 Å². The number of carbonyl (C=O) groups excluding carboxylic acids is 2. The fourth-order valence-electron chi connectivity index (χ4n) is 3.89. The van der Waals surface area contributed by atoms with E-state index >= 15 is 0 Å². The lowest BCUT2D eigenvalue weighted by Gasteiger charge is -2.29. The number of carbonyl (C=O) groups is 2. The highest BCUT2D eigenvalue weighted by Gasteiger charge is 2.35. The van der Waals surface area contributed by atoms with Gasteiger partial charge >= 0.3 is 0 Å². The van der Waals surface area contributed by atoms with Gasteiger partial charge in [0.25, 0.3) is 5.91 Å². The molecule has 0 unspecified atom stereocenters. The summed E-state index contributed by atoms with van der Waals surface area (Å²) in [6.45, 7) is 1.77. The smallest absolute Gasteiger partial charge is 0.254 e. The number of rotatable bonds is 8. The molecule has 3 N–H and O–H groups in total. The summed E-state index contributed by atoms with van der Waals surface area (Å²) in [6, 6.07) is 20.2. The number of anilines is 2. The van der Waals surface area contributed by atoms with Crippen LogP contribution in [-0.4, -0.2) is 24.7 Å². The van der Waals surface area contributed by atoms with Crippen LogP contribution in [0.3, 0.4) is 0 Å². The Morgan fingerprint density at radius 1 is 1.11 bits per heavy atom. The highest BCUT2D eigenvalue weighted by molar-refractivity contribution is 8.03. The van der Waals surface area contributed by atoms with Crippen molar-refractivity contribution in [3.63, 3.8) is 0 Å². The quantitative estimate of drug-likeness (QED) is 0.399. The molecule has 0 aliphatic carbocycles. The van der Waals surface area contributed by atoms with Gasteiger partial charge in [0.2, 0.25) is 5.91 Å². The molecule has 2 heterocycles. The summed E-state index contributed by atoms with van der Waals surface area (Å²) in [7, 11) is 1.53. The lowest BCUT2D eigenvalue weighted by molar-refractivity contribution is -0.114. The van der Waals surface area contributed by atoms with Gasteiger partial charge in [0, 0.05) is 22.5 Å². The SMILES string of the molecule is COc1ccccc1NC(=O)C1=C(C)NC(SCC(=O)Nc2ccccc2)=C(C#N)[C@@H]1c1ccoc1. The Balaban J connectivity index is 1.60. The predicted molar refractivity (Wildman–Crippen MR) is 139 cm³/mol. The van der Waals surface area contributed by atoms with Gasteiger partial charge in [0.15, 0.2) is 0 Å². The molecule has 2 aromatic carbocycles. The largest absolute Gasteiger partial charge is 0.495 e. The maximum atomic E-state index is 13.5. The van der Waals surface area contributed by atoms with Gasteiger partial charge in [0.05, 0.1) is 53.7 Å². The molecule has 1 aromatic heterocycles. The first-order valence-electron chi connectivity index (χ1n) is 11.1. The molecule has 36 heavy (non-hydrogen) atoms. The van der Waals surface area contributed by atoms with Gasteiger partial charge in [-0.2, -0.15) is 5.26 Å². The Kier molecular flexibility index (Phi) is 7.78. The zero-order chi connectivity index (χ0) is 25.5. The van der Waals surface area contributed by atoms with Crippen LogP contribution in [0.4, 0.5) is 11.4 Å². The van der Waals surface area contributed by atoms with Crippen LogP contribution in [-0.2, 0) is 9.59 Å². The van der Waals surface area contributed by atoms with Gasteiger partial charge in [-0.3, -0.25) is 9.59 Å². The van der Waals surface area contributed by atoms with Gasteiger partial charge < -0.3 is 25.1 Å². The number of amides is 2. The second-order valence-corrected chi connectivity index (χ2v) is 8.85. The number of hydrogen-bond acceptors (Lipinski definition) is 7. The number of dihydropyridines is 1. The Bertz CT molecular complexity index is 1360. The number of nitriles is 1. The molecule has 0 radical (unpaired) electrons. The zero-order valence-corrected chi connectivity index (χ0v) is 20.5. The van der Waals surface area contributed by atoms with Crippen LogP contribution < -0.4 is 20.7 Å². The number of thioether (sulfide) groups is 1. The van der Waals surface area contributed by atoms with Gasteiger partial charge in [-0.25, -0.2) is 0 Å². The average molecular weight is 501 g/mol. The van der Waals surface area contributed by atoms with Crippen molar-refractivity contribution >= 4 is 35.0 Å². The fraction of sp³-hybridized carbons (Fsp3) is 0.148. The van der Waals surface area contributed by atoms with Gasteiger partial charge in [0.1, 0.15) is 5.75 Å². The van der Waals surface area contributed by atoms with Crippen molar-refractivity contribution in [2.75, 3.05) is 23.5 Å². The first-order valence-corrected chi connectivity index (χ1v) is 12.1. The van der Waals surface area contributed by atoms with Crippen molar-refractivity contribution in [2.24, 2.45) is 0 Å². The van der Waals surface area contributed by atoms with E-state index in [0.717, 1.165) is 0 Å². The fourth-order valence-corrected chi connectivity index (χ4v) is 4.79. The molecule has 4 rings (SSSR count). The lowest BCUT2D eigenvalue weighted by Crippen LogP contribution is -2.31. The second kappa shape index (κ2) is 11.3. The van der Waals surface area contributed by atoms with Crippen molar-refractivity contribution < 1.29 is 18.7 Å². The molecule has 8 nitrogen and oxygen atoms in total. The molecule has 0 fully saturated rings. The first-order chi connectivity index (χ1) is 17.5. The van der Waals surface area contributed by atoms with E-state index in [2.05, 4.69) is 22.0 Å². The van der Waals surface area contributed by atoms with Crippen LogP contribution in [0, 0.1) is 11.3 Å². The minimum atomic E-state index is -0.676. The van der Waals surface area contributed by atoms with Gasteiger partial charge in [-0.1, -0.05) is 42.1 Å². The standard InChI is InChI=1S/C27H24N4O4S/c1-17-24(26(33)31-21-10-6-7-11-22(21)34-2)25(18-12-13-35-15-18)20(14-28)27(29-17)36-16-23(32)30-19-8-4-3-5-9-19/h3-13,15,25,29H,16H2,1-2H3,(H,30,32)(H,31,33)/t25-/m0/s1. The van der Waals surface area contributed by atoms with E-state index in [0.29, 0.717) is 44.6 Å². The van der Waals surface area contributed by atoms with Crippen LogP contribution >= 0.6 is 11.8 Å². The number of nitrogens with zero attached hydrogens (tertiary/aromatic N) is 1. The molecule has 1 aliphatic heterocycles. The highest BCUT2D eigenvalue weighted by atomic mass is 32.2. The van der Waals surface area contributed by atoms with Crippen molar-refractivity contribution in [1.29, 1.82) is 5.26 Å². The monoisotopic (exact) mass is 500 g/mol. The van der Waals surface area contributed by atoms with Crippen LogP contribution in [0.25, 0.3) is 0 Å². The Hall–Kier alpha value is -4.42. The topological polar surface area (TPSA) is 116 Å². The summed E-state index contributed by atoms with van der Waals surface area (Å²) in [6.07, 6.45) is 3.01. The predicted octanol–water partition coefficient (Wildman–Crippen LogP) is 4.99. The number of benzene rings is 2. The van der Waals surface area contributed by atoms with Crippen molar-refractivity contribution in [3.8, 4) is 11.8 Å². The second-order valence-electron chi connectivity index (χ2n) is 7.87. The zero-order valence-electron chi connectivity index (χ0n) is 19.7. The number of allylic oxidation sites excluding steroid dienone is 2. The van der Waals surface area contributed by atoms with Crippen LogP contribution in [0.15, 0.2) is 99.5 Å². The number of methoxy groups -OCH3 is 1. The molecule has 2 amide bonds. The molecular formula is C27H24N4O4S. The lowest BCUT2D eigenvalue weighted by atomic mass is 9.83. The van der Waals surface area contributed by atoms with E-state index in [9.17, 15) is 14.9 Å². The van der Waals surface area contributed by atoms with E-state index < -0.39 is 5.92 Å². The molecular weight excluding hydrogens is 476 g/mol.